The van der Waals surface area contributed by atoms with Gasteiger partial charge in [-0.05, 0) is 132 Å². The lowest BCUT2D eigenvalue weighted by atomic mass is 9.91. The SMILES string of the molecule is CCCN(CCN)C1C=CC(/C=C/C(CC)CCNCCCCNC(=O)CCCSSCCCC(=O)NCCCCN2C=CC(/C=C/C3C=CC(N(CCO)CCO)CC3)=CC2)=CC1. The molecule has 3 aliphatic rings. The number of allylic oxidation sites excluding steroid dienone is 9. The van der Waals surface area contributed by atoms with Crippen LogP contribution in [0.4, 0.5) is 0 Å². The number of unbranched alkanes of at least 4 members (excludes halogenated alkanes) is 2. The highest BCUT2D eigenvalue weighted by atomic mass is 33.1. The molecule has 4 unspecified atom stereocenters. The van der Waals surface area contributed by atoms with Gasteiger partial charge in [0.2, 0.25) is 11.8 Å². The third kappa shape index (κ3) is 25.3. The maximum absolute atomic E-state index is 12.3. The van der Waals surface area contributed by atoms with E-state index in [-0.39, 0.29) is 25.0 Å². The molecule has 4 atom stereocenters. The fourth-order valence-electron chi connectivity index (χ4n) is 8.22. The molecule has 2 aliphatic carbocycles. The minimum Gasteiger partial charge on any atom is -0.395 e. The lowest BCUT2D eigenvalue weighted by Gasteiger charge is -2.31. The zero-order valence-corrected chi connectivity index (χ0v) is 41.3. The second-order valence-electron chi connectivity index (χ2n) is 17.3. The standard InChI is InChI=1S/C51H87N7O4S2/c1-3-33-57(37-28-52)48-21-17-45(18-22-48)14-13-44(4-2)25-32-53-29-5-6-30-54-50(61)11-9-42-63-64-43-10-12-51(62)55-31-7-8-34-56-35-26-47(27-36-56)16-15-46-19-23-49(24-20-46)58(38-40-59)39-41-60/h13-19,21,23,26-27,35,44,46,48-49,53,59-60H,3-12,20,22,24-25,28-34,36-43,52H2,1-2H3,(H,54,61)(H,55,62)/b14-13+,16-15+. The Morgan fingerprint density at radius 3 is 2.08 bits per heavy atom. The van der Waals surface area contributed by atoms with Gasteiger partial charge in [0.1, 0.15) is 0 Å². The summed E-state index contributed by atoms with van der Waals surface area (Å²) in [5, 5.41) is 28.4. The molecule has 0 bridgehead atoms. The number of nitrogens with one attached hydrogen (secondary N) is 3. The van der Waals surface area contributed by atoms with E-state index in [2.05, 4.69) is 118 Å². The predicted molar refractivity (Wildman–Crippen MR) is 274 cm³/mol. The summed E-state index contributed by atoms with van der Waals surface area (Å²) in [5.41, 5.74) is 8.38. The number of hydrogen-bond acceptors (Lipinski definition) is 11. The molecule has 0 aromatic carbocycles. The average molecular weight is 926 g/mol. The second-order valence-corrected chi connectivity index (χ2v) is 20.0. The molecular formula is C51H87N7O4S2. The van der Waals surface area contributed by atoms with Gasteiger partial charge >= 0.3 is 0 Å². The van der Waals surface area contributed by atoms with Gasteiger partial charge in [-0.15, -0.1) is 0 Å². The van der Waals surface area contributed by atoms with E-state index in [1.807, 2.05) is 0 Å². The fraction of sp³-hybridized carbons (Fsp3) is 0.686. The molecule has 7 N–H and O–H groups in total. The number of carbonyl (C=O) groups is 2. The first-order valence-corrected chi connectivity index (χ1v) is 27.3. The normalized spacial score (nSPS) is 19.3. The van der Waals surface area contributed by atoms with Gasteiger partial charge in [-0.2, -0.15) is 0 Å². The third-order valence-corrected chi connectivity index (χ3v) is 14.7. The molecule has 0 saturated heterocycles. The van der Waals surface area contributed by atoms with Crippen LogP contribution in [0.5, 0.6) is 0 Å². The summed E-state index contributed by atoms with van der Waals surface area (Å²) in [7, 11) is 3.60. The number of carbonyl (C=O) groups excluding carboxylic acids is 2. The number of nitrogens with two attached hydrogens (primary N) is 1. The Morgan fingerprint density at radius 2 is 1.48 bits per heavy atom. The molecule has 362 valence electrons. The minimum absolute atomic E-state index is 0.113. The molecule has 1 heterocycles. The molecule has 0 spiro atoms. The maximum atomic E-state index is 12.3. The van der Waals surface area contributed by atoms with Crippen LogP contribution in [0.25, 0.3) is 0 Å². The molecule has 11 nitrogen and oxygen atoms in total. The summed E-state index contributed by atoms with van der Waals surface area (Å²) in [5.74, 6) is 3.16. The molecule has 0 fully saturated rings. The molecule has 0 saturated carbocycles. The molecule has 1 aliphatic heterocycles. The molecule has 0 aromatic rings. The van der Waals surface area contributed by atoms with Crippen LogP contribution in [0.1, 0.15) is 104 Å². The highest BCUT2D eigenvalue weighted by Gasteiger charge is 2.20. The first kappa shape index (κ1) is 55.7. The Balaban J connectivity index is 1.07. The van der Waals surface area contributed by atoms with Crippen molar-refractivity contribution >= 4 is 33.4 Å². The third-order valence-electron chi connectivity index (χ3n) is 12.1. The van der Waals surface area contributed by atoms with Gasteiger partial charge in [0.25, 0.3) is 0 Å². The lowest BCUT2D eigenvalue weighted by Crippen LogP contribution is -2.39. The Kier molecular flexibility index (Phi) is 31.8. The molecule has 2 amide bonds. The van der Waals surface area contributed by atoms with Crippen LogP contribution in [0.2, 0.25) is 0 Å². The molecule has 64 heavy (non-hydrogen) atoms. The van der Waals surface area contributed by atoms with Crippen LogP contribution in [-0.2, 0) is 9.59 Å². The van der Waals surface area contributed by atoms with E-state index in [0.29, 0.717) is 56.4 Å². The summed E-state index contributed by atoms with van der Waals surface area (Å²) < 4.78 is 0. The van der Waals surface area contributed by atoms with Crippen LogP contribution in [-0.4, -0.2) is 146 Å². The van der Waals surface area contributed by atoms with Gasteiger partial charge in [-0.25, -0.2) is 0 Å². The number of rotatable bonds is 37. The van der Waals surface area contributed by atoms with Crippen molar-refractivity contribution in [3.8, 4) is 0 Å². The van der Waals surface area contributed by atoms with Crippen LogP contribution >= 0.6 is 21.6 Å². The number of amides is 2. The van der Waals surface area contributed by atoms with E-state index >= 15 is 0 Å². The molecule has 0 radical (unpaired) electrons. The van der Waals surface area contributed by atoms with Gasteiger partial charge in [-0.3, -0.25) is 19.4 Å². The quantitative estimate of drug-likeness (QED) is 0.0215. The van der Waals surface area contributed by atoms with E-state index < -0.39 is 0 Å². The minimum atomic E-state index is 0.113. The second kappa shape index (κ2) is 36.5. The zero-order valence-electron chi connectivity index (χ0n) is 39.7. The van der Waals surface area contributed by atoms with Crippen molar-refractivity contribution in [2.45, 2.75) is 116 Å². The van der Waals surface area contributed by atoms with Crippen molar-refractivity contribution in [3.05, 3.63) is 84.2 Å². The number of aliphatic hydroxyl groups is 2. The van der Waals surface area contributed by atoms with E-state index in [4.69, 9.17) is 5.73 Å². The first-order valence-electron chi connectivity index (χ1n) is 24.8. The van der Waals surface area contributed by atoms with E-state index in [9.17, 15) is 19.8 Å². The summed E-state index contributed by atoms with van der Waals surface area (Å²) >= 11 is 0. The summed E-state index contributed by atoms with van der Waals surface area (Å²) in [6.45, 7) is 14.0. The maximum Gasteiger partial charge on any atom is 0.220 e. The van der Waals surface area contributed by atoms with Crippen LogP contribution in [0, 0.1) is 11.8 Å². The first-order chi connectivity index (χ1) is 31.4. The van der Waals surface area contributed by atoms with E-state index in [0.717, 1.165) is 141 Å². The van der Waals surface area contributed by atoms with Gasteiger partial charge < -0.3 is 36.8 Å². The van der Waals surface area contributed by atoms with Crippen molar-refractivity contribution in [1.82, 2.24) is 30.7 Å². The zero-order chi connectivity index (χ0) is 45.9. The topological polar surface area (TPSA) is 146 Å². The van der Waals surface area contributed by atoms with Crippen LogP contribution in [0.15, 0.2) is 84.2 Å². The molecule has 13 heteroatoms. The molecule has 0 aromatic heterocycles. The highest BCUT2D eigenvalue weighted by molar-refractivity contribution is 8.76. The Bertz CT molecular complexity index is 1470. The summed E-state index contributed by atoms with van der Waals surface area (Å²) in [4.78, 5) is 31.5. The van der Waals surface area contributed by atoms with Crippen molar-refractivity contribution in [2.75, 3.05) is 96.7 Å². The molecular weight excluding hydrogens is 839 g/mol. The Labute approximate surface area is 396 Å². The highest BCUT2D eigenvalue weighted by Crippen LogP contribution is 2.25. The van der Waals surface area contributed by atoms with Gasteiger partial charge in [-0.1, -0.05) is 96.2 Å². The van der Waals surface area contributed by atoms with E-state index in [1.165, 1.54) is 11.1 Å². The Morgan fingerprint density at radius 1 is 0.797 bits per heavy atom. The van der Waals surface area contributed by atoms with Gasteiger partial charge in [0.15, 0.2) is 0 Å². The number of nitrogens with zero attached hydrogens (tertiary/aromatic N) is 3. The predicted octanol–water partition coefficient (Wildman–Crippen LogP) is 7.14. The summed E-state index contributed by atoms with van der Waals surface area (Å²) in [6, 6.07) is 0.759. The lowest BCUT2D eigenvalue weighted by molar-refractivity contribution is -0.121. The monoisotopic (exact) mass is 926 g/mol. The molecule has 3 rings (SSSR count). The van der Waals surface area contributed by atoms with Gasteiger partial charge in [0.05, 0.1) is 13.2 Å². The van der Waals surface area contributed by atoms with Crippen molar-refractivity contribution in [1.29, 1.82) is 0 Å². The number of aliphatic hydroxyl groups excluding tert-OH is 2. The fourth-order valence-corrected chi connectivity index (χ4v) is 10.4. The average Bonchev–Trinajstić information content (AvgIpc) is 3.31. The van der Waals surface area contributed by atoms with Crippen LogP contribution < -0.4 is 21.7 Å². The van der Waals surface area contributed by atoms with Crippen LogP contribution in [0.3, 0.4) is 0 Å². The summed E-state index contributed by atoms with van der Waals surface area (Å²) in [6.07, 6.45) is 40.8. The number of hydrogen-bond donors (Lipinski definition) is 6. The van der Waals surface area contributed by atoms with E-state index in [1.54, 1.807) is 21.6 Å². The largest absolute Gasteiger partial charge is 0.395 e. The smallest absolute Gasteiger partial charge is 0.220 e. The van der Waals surface area contributed by atoms with Crippen molar-refractivity contribution in [3.63, 3.8) is 0 Å². The Hall–Kier alpha value is -2.62. The van der Waals surface area contributed by atoms with Crippen molar-refractivity contribution in [2.24, 2.45) is 17.6 Å². The van der Waals surface area contributed by atoms with Gasteiger partial charge in [0, 0.05) is 88.8 Å². The van der Waals surface area contributed by atoms with Crippen molar-refractivity contribution < 1.29 is 19.8 Å².